The topological polar surface area (TPSA) is 86.5 Å². The molecule has 1 N–H and O–H groups in total. The summed E-state index contributed by atoms with van der Waals surface area (Å²) in [7, 11) is 1.58. The molecule has 7 nitrogen and oxygen atoms in total. The molecule has 0 amide bonds. The van der Waals surface area contributed by atoms with E-state index in [1.54, 1.807) is 18.7 Å². The van der Waals surface area contributed by atoms with Gasteiger partial charge in [0.15, 0.2) is 11.6 Å². The fourth-order valence-electron chi connectivity index (χ4n) is 3.59. The Balaban J connectivity index is 1.63. The van der Waals surface area contributed by atoms with E-state index in [4.69, 9.17) is 9.47 Å². The Morgan fingerprint density at radius 2 is 1.97 bits per heavy atom. The number of esters is 1. The lowest BCUT2D eigenvalue weighted by Gasteiger charge is -2.16. The number of aromatic nitrogens is 3. The maximum Gasteiger partial charge on any atom is 0.361 e. The highest BCUT2D eigenvalue weighted by Crippen LogP contribution is 2.42. The molecule has 10 heteroatoms. The Labute approximate surface area is 187 Å². The Morgan fingerprint density at radius 3 is 2.66 bits per heavy atom. The summed E-state index contributed by atoms with van der Waals surface area (Å²) in [6, 6.07) is 9.48. The van der Waals surface area contributed by atoms with Gasteiger partial charge in [-0.05, 0) is 54.3 Å². The highest BCUT2D eigenvalue weighted by atomic mass is 32.2. The highest BCUT2D eigenvalue weighted by molar-refractivity contribution is 8.00. The Kier molecular flexibility index (Phi) is 6.43. The molecular weight excluding hydrogens is 440 g/mol. The standard InChI is InChI=1S/C22H21F2N3O4S/c1-3-31-22(29)19-21(27(26-25-19)11-12-4-6-14(30-2)7-5-12)32-18-9-13-8-16(23)17(24)10-15(13)20(18)28/h4-8,10,18,20,28H,3,9,11H2,1-2H3. The van der Waals surface area contributed by atoms with E-state index in [0.717, 1.165) is 17.7 Å². The molecule has 0 fully saturated rings. The number of thioether (sulfide) groups is 1. The van der Waals surface area contributed by atoms with Gasteiger partial charge in [-0.15, -0.1) is 5.10 Å². The maximum absolute atomic E-state index is 13.7. The first-order chi connectivity index (χ1) is 15.4. The number of carbonyl (C=O) groups excluding carboxylic acids is 1. The number of hydrogen-bond donors (Lipinski definition) is 1. The summed E-state index contributed by atoms with van der Waals surface area (Å²) in [4.78, 5) is 12.4. The van der Waals surface area contributed by atoms with Crippen molar-refractivity contribution in [2.45, 2.75) is 36.3 Å². The van der Waals surface area contributed by atoms with Gasteiger partial charge in [-0.3, -0.25) is 0 Å². The van der Waals surface area contributed by atoms with Crippen LogP contribution in [-0.4, -0.2) is 45.0 Å². The predicted octanol–water partition coefficient (Wildman–Crippen LogP) is 3.54. The van der Waals surface area contributed by atoms with Gasteiger partial charge < -0.3 is 14.6 Å². The summed E-state index contributed by atoms with van der Waals surface area (Å²) in [6.45, 7) is 2.18. The van der Waals surface area contributed by atoms with E-state index in [1.807, 2.05) is 24.3 Å². The van der Waals surface area contributed by atoms with E-state index >= 15 is 0 Å². The van der Waals surface area contributed by atoms with E-state index in [2.05, 4.69) is 10.3 Å². The van der Waals surface area contributed by atoms with Crippen molar-refractivity contribution < 1.29 is 28.2 Å². The van der Waals surface area contributed by atoms with Crippen molar-refractivity contribution in [1.82, 2.24) is 15.0 Å². The second-order valence-electron chi connectivity index (χ2n) is 7.24. The highest BCUT2D eigenvalue weighted by Gasteiger charge is 2.35. The molecule has 32 heavy (non-hydrogen) atoms. The average molecular weight is 461 g/mol. The number of benzene rings is 2. The molecule has 1 aliphatic carbocycles. The fourth-order valence-corrected chi connectivity index (χ4v) is 4.87. The van der Waals surface area contributed by atoms with Gasteiger partial charge in [0, 0.05) is 5.25 Å². The van der Waals surface area contributed by atoms with Crippen molar-refractivity contribution in [3.05, 3.63) is 70.4 Å². The van der Waals surface area contributed by atoms with Crippen molar-refractivity contribution in [3.63, 3.8) is 0 Å². The molecule has 4 rings (SSSR count). The smallest absolute Gasteiger partial charge is 0.361 e. The third-order valence-electron chi connectivity index (χ3n) is 5.19. The third-order valence-corrected chi connectivity index (χ3v) is 6.54. The second-order valence-corrected chi connectivity index (χ2v) is 8.47. The van der Waals surface area contributed by atoms with E-state index in [0.29, 0.717) is 34.9 Å². The Hall–Kier alpha value is -2.98. The third kappa shape index (κ3) is 4.33. The van der Waals surface area contributed by atoms with Crippen molar-refractivity contribution in [3.8, 4) is 5.75 Å². The van der Waals surface area contributed by atoms with Crippen molar-refractivity contribution >= 4 is 17.7 Å². The molecule has 2 unspecified atom stereocenters. The van der Waals surface area contributed by atoms with Gasteiger partial charge in [-0.25, -0.2) is 18.3 Å². The summed E-state index contributed by atoms with van der Waals surface area (Å²) >= 11 is 1.19. The zero-order chi connectivity index (χ0) is 22.8. The number of halogens is 2. The summed E-state index contributed by atoms with van der Waals surface area (Å²) < 4.78 is 39.2. The SMILES string of the molecule is CCOC(=O)c1nnn(Cc2ccc(OC)cc2)c1SC1Cc2cc(F)c(F)cc2C1O. The van der Waals surface area contributed by atoms with Gasteiger partial charge in [0.05, 0.1) is 26.4 Å². The van der Waals surface area contributed by atoms with Gasteiger partial charge in [0.25, 0.3) is 0 Å². The van der Waals surface area contributed by atoms with Crippen molar-refractivity contribution in [2.75, 3.05) is 13.7 Å². The molecule has 2 atom stereocenters. The summed E-state index contributed by atoms with van der Waals surface area (Å²) in [5, 5.41) is 18.8. The molecule has 1 aromatic heterocycles. The van der Waals surface area contributed by atoms with Crippen LogP contribution in [0.5, 0.6) is 5.75 Å². The minimum Gasteiger partial charge on any atom is -0.497 e. The molecular formula is C22H21F2N3O4S. The predicted molar refractivity (Wildman–Crippen MR) is 113 cm³/mol. The van der Waals surface area contributed by atoms with Crippen LogP contribution in [-0.2, 0) is 17.7 Å². The maximum atomic E-state index is 13.7. The first kappa shape index (κ1) is 22.2. The summed E-state index contributed by atoms with van der Waals surface area (Å²) in [6.07, 6.45) is -0.738. The van der Waals surface area contributed by atoms with Gasteiger partial charge in [0.1, 0.15) is 10.8 Å². The lowest BCUT2D eigenvalue weighted by molar-refractivity contribution is 0.0514. The van der Waals surface area contributed by atoms with Gasteiger partial charge in [-0.2, -0.15) is 0 Å². The zero-order valence-electron chi connectivity index (χ0n) is 17.4. The lowest BCUT2D eigenvalue weighted by atomic mass is 10.1. The molecule has 1 aliphatic rings. The number of carbonyl (C=O) groups is 1. The van der Waals surface area contributed by atoms with Crippen LogP contribution in [0.1, 0.15) is 40.2 Å². The van der Waals surface area contributed by atoms with Crippen LogP contribution in [0.4, 0.5) is 8.78 Å². The number of methoxy groups -OCH3 is 1. The van der Waals surface area contributed by atoms with E-state index < -0.39 is 29.0 Å². The first-order valence-electron chi connectivity index (χ1n) is 9.97. The quantitative estimate of drug-likeness (QED) is 0.539. The minimum atomic E-state index is -1.04. The molecule has 0 bridgehead atoms. The monoisotopic (exact) mass is 461 g/mol. The van der Waals surface area contributed by atoms with E-state index in [1.165, 1.54) is 11.8 Å². The van der Waals surface area contributed by atoms with Gasteiger partial charge >= 0.3 is 5.97 Å². The first-order valence-corrected chi connectivity index (χ1v) is 10.8. The Bertz CT molecular complexity index is 1140. The Morgan fingerprint density at radius 1 is 1.25 bits per heavy atom. The number of fused-ring (bicyclic) bond motifs is 1. The molecule has 0 spiro atoms. The van der Waals surface area contributed by atoms with Crippen LogP contribution in [0.15, 0.2) is 41.4 Å². The molecule has 1 heterocycles. The van der Waals surface area contributed by atoms with Crippen molar-refractivity contribution in [1.29, 1.82) is 0 Å². The number of hydrogen-bond acceptors (Lipinski definition) is 7. The van der Waals surface area contributed by atoms with Crippen LogP contribution in [0.25, 0.3) is 0 Å². The zero-order valence-corrected chi connectivity index (χ0v) is 18.2. The van der Waals surface area contributed by atoms with Crippen molar-refractivity contribution in [2.24, 2.45) is 0 Å². The van der Waals surface area contributed by atoms with E-state index in [9.17, 15) is 18.7 Å². The van der Waals surface area contributed by atoms with Gasteiger partial charge in [0.2, 0.25) is 5.69 Å². The lowest BCUT2D eigenvalue weighted by Crippen LogP contribution is -2.14. The average Bonchev–Trinajstić information content (AvgIpc) is 3.30. The van der Waals surface area contributed by atoms with Crippen LogP contribution in [0.2, 0.25) is 0 Å². The van der Waals surface area contributed by atoms with Crippen LogP contribution in [0, 0.1) is 11.6 Å². The summed E-state index contributed by atoms with van der Waals surface area (Å²) in [5.74, 6) is -1.88. The molecule has 0 saturated carbocycles. The molecule has 168 valence electrons. The molecule has 2 aromatic carbocycles. The number of nitrogens with zero attached hydrogens (tertiary/aromatic N) is 3. The van der Waals surface area contributed by atoms with E-state index in [-0.39, 0.29) is 12.3 Å². The fraction of sp³-hybridized carbons (Fsp3) is 0.318. The molecule has 0 aliphatic heterocycles. The minimum absolute atomic E-state index is 0.0332. The second kappa shape index (κ2) is 9.25. The largest absolute Gasteiger partial charge is 0.497 e. The molecule has 3 aromatic rings. The number of rotatable bonds is 7. The van der Waals surface area contributed by atoms with Crippen LogP contribution in [0.3, 0.4) is 0 Å². The number of aliphatic hydroxyl groups excluding tert-OH is 1. The van der Waals surface area contributed by atoms with Gasteiger partial charge in [-0.1, -0.05) is 29.1 Å². The normalized spacial score (nSPS) is 17.3. The van der Waals surface area contributed by atoms with Crippen LogP contribution >= 0.6 is 11.8 Å². The van der Waals surface area contributed by atoms with Crippen LogP contribution < -0.4 is 4.74 Å². The number of aliphatic hydroxyl groups is 1. The molecule has 0 saturated heterocycles. The molecule has 0 radical (unpaired) electrons. The number of ether oxygens (including phenoxy) is 2. The summed E-state index contributed by atoms with van der Waals surface area (Å²) in [5.41, 5.74) is 1.80.